The number of halogens is 1. The zero-order valence-electron chi connectivity index (χ0n) is 16.3. The Morgan fingerprint density at radius 2 is 1.86 bits per heavy atom. The summed E-state index contributed by atoms with van der Waals surface area (Å²) in [6.07, 6.45) is 0.767. The minimum Gasteiger partial charge on any atom is -0.495 e. The molecule has 1 aliphatic heterocycles. The standard InChI is InChI=1S/C21H23ClN2O5/c1-27-18-12-19(28-2)16(11-15(18)22)23-20(25)17-9-6-10-24(17)21(26)29-13-14-7-4-3-5-8-14/h3-5,7-8,11-12,17H,6,9-10,13H2,1-2H3,(H,23,25)/t17-/m0/s1. The molecule has 3 rings (SSSR count). The summed E-state index contributed by atoms with van der Waals surface area (Å²) in [6.45, 7) is 0.624. The minimum absolute atomic E-state index is 0.159. The Bertz CT molecular complexity index is 875. The molecule has 1 aliphatic rings. The maximum Gasteiger partial charge on any atom is 0.410 e. The van der Waals surface area contributed by atoms with Crippen LogP contribution < -0.4 is 14.8 Å². The summed E-state index contributed by atoms with van der Waals surface area (Å²) in [5.41, 5.74) is 1.30. The average Bonchev–Trinajstić information content (AvgIpc) is 3.23. The molecular formula is C21H23ClN2O5. The number of likely N-dealkylation sites (tertiary alicyclic amines) is 1. The zero-order chi connectivity index (χ0) is 20.8. The highest BCUT2D eigenvalue weighted by Gasteiger charge is 2.35. The van der Waals surface area contributed by atoms with Gasteiger partial charge in [-0.2, -0.15) is 0 Å². The molecule has 2 amide bonds. The lowest BCUT2D eigenvalue weighted by atomic mass is 10.2. The maximum atomic E-state index is 12.8. The van der Waals surface area contributed by atoms with E-state index in [-0.39, 0.29) is 12.5 Å². The molecule has 0 aromatic heterocycles. The molecular weight excluding hydrogens is 396 g/mol. The second-order valence-electron chi connectivity index (χ2n) is 6.57. The zero-order valence-corrected chi connectivity index (χ0v) is 17.1. The van der Waals surface area contributed by atoms with Gasteiger partial charge >= 0.3 is 6.09 Å². The molecule has 2 aromatic carbocycles. The van der Waals surface area contributed by atoms with Crippen LogP contribution in [-0.2, 0) is 16.1 Å². The second kappa shape index (κ2) is 9.52. The first-order valence-corrected chi connectivity index (χ1v) is 9.61. The molecule has 0 unspecified atom stereocenters. The number of benzene rings is 2. The van der Waals surface area contributed by atoms with Crippen molar-refractivity contribution >= 4 is 29.3 Å². The van der Waals surface area contributed by atoms with Gasteiger partial charge in [0.1, 0.15) is 24.1 Å². The number of amides is 2. The highest BCUT2D eigenvalue weighted by Crippen LogP contribution is 2.36. The van der Waals surface area contributed by atoms with Gasteiger partial charge in [-0.05, 0) is 24.5 Å². The molecule has 0 radical (unpaired) electrons. The molecule has 0 bridgehead atoms. The quantitative estimate of drug-likeness (QED) is 0.764. The molecule has 1 N–H and O–H groups in total. The van der Waals surface area contributed by atoms with Crippen LogP contribution in [-0.4, -0.2) is 43.7 Å². The van der Waals surface area contributed by atoms with Crippen LogP contribution in [0.15, 0.2) is 42.5 Å². The third-order valence-electron chi connectivity index (χ3n) is 4.73. The number of hydrogen-bond acceptors (Lipinski definition) is 5. The van der Waals surface area contributed by atoms with Crippen LogP contribution in [0.3, 0.4) is 0 Å². The summed E-state index contributed by atoms with van der Waals surface area (Å²) in [5, 5.41) is 3.14. The van der Waals surface area contributed by atoms with Crippen molar-refractivity contribution in [3.05, 3.63) is 53.1 Å². The van der Waals surface area contributed by atoms with E-state index in [0.29, 0.717) is 35.2 Å². The highest BCUT2D eigenvalue weighted by molar-refractivity contribution is 6.32. The molecule has 0 aliphatic carbocycles. The lowest BCUT2D eigenvalue weighted by Gasteiger charge is -2.24. The van der Waals surface area contributed by atoms with Crippen molar-refractivity contribution in [3.63, 3.8) is 0 Å². The van der Waals surface area contributed by atoms with Gasteiger partial charge in [-0.15, -0.1) is 0 Å². The Hall–Kier alpha value is -2.93. The van der Waals surface area contributed by atoms with Crippen LogP contribution >= 0.6 is 11.6 Å². The van der Waals surface area contributed by atoms with Gasteiger partial charge in [0.2, 0.25) is 5.91 Å². The van der Waals surface area contributed by atoms with Gasteiger partial charge in [0, 0.05) is 12.6 Å². The minimum atomic E-state index is -0.621. The molecule has 2 aromatic rings. The number of nitrogens with one attached hydrogen (secondary N) is 1. The number of anilines is 1. The van der Waals surface area contributed by atoms with Gasteiger partial charge in [0.05, 0.1) is 24.9 Å². The molecule has 1 saturated heterocycles. The van der Waals surface area contributed by atoms with E-state index in [4.69, 9.17) is 25.8 Å². The Balaban J connectivity index is 1.67. The lowest BCUT2D eigenvalue weighted by molar-refractivity contribution is -0.120. The fourth-order valence-electron chi connectivity index (χ4n) is 3.23. The predicted octanol–water partition coefficient (Wildman–Crippen LogP) is 4.10. The number of carbonyl (C=O) groups excluding carboxylic acids is 2. The predicted molar refractivity (Wildman–Crippen MR) is 110 cm³/mol. The van der Waals surface area contributed by atoms with Gasteiger partial charge in [0.15, 0.2) is 0 Å². The summed E-state index contributed by atoms with van der Waals surface area (Å²) in [5.74, 6) is 0.531. The lowest BCUT2D eigenvalue weighted by Crippen LogP contribution is -2.43. The molecule has 1 heterocycles. The number of methoxy groups -OCH3 is 2. The van der Waals surface area contributed by atoms with Crippen molar-refractivity contribution in [3.8, 4) is 11.5 Å². The van der Waals surface area contributed by atoms with Crippen LogP contribution in [0, 0.1) is 0 Å². The van der Waals surface area contributed by atoms with E-state index in [2.05, 4.69) is 5.32 Å². The Morgan fingerprint density at radius 1 is 1.14 bits per heavy atom. The number of hydrogen-bond donors (Lipinski definition) is 1. The van der Waals surface area contributed by atoms with E-state index in [1.54, 1.807) is 12.1 Å². The number of nitrogens with zero attached hydrogens (tertiary/aromatic N) is 1. The van der Waals surface area contributed by atoms with Crippen molar-refractivity contribution < 1.29 is 23.8 Å². The van der Waals surface area contributed by atoms with E-state index in [1.165, 1.54) is 19.1 Å². The molecule has 29 heavy (non-hydrogen) atoms. The second-order valence-corrected chi connectivity index (χ2v) is 6.98. The summed E-state index contributed by atoms with van der Waals surface area (Å²) in [7, 11) is 2.98. The van der Waals surface area contributed by atoms with Crippen LogP contribution in [0.5, 0.6) is 11.5 Å². The van der Waals surface area contributed by atoms with E-state index in [9.17, 15) is 9.59 Å². The number of ether oxygens (including phenoxy) is 3. The molecule has 1 fully saturated rings. The first-order valence-electron chi connectivity index (χ1n) is 9.23. The molecule has 0 saturated carbocycles. The van der Waals surface area contributed by atoms with E-state index >= 15 is 0 Å². The molecule has 8 heteroatoms. The van der Waals surface area contributed by atoms with Gasteiger partial charge in [-0.1, -0.05) is 41.9 Å². The molecule has 7 nitrogen and oxygen atoms in total. The normalized spacial score (nSPS) is 15.7. The van der Waals surface area contributed by atoms with Crippen molar-refractivity contribution in [2.45, 2.75) is 25.5 Å². The van der Waals surface area contributed by atoms with Crippen LogP contribution in [0.4, 0.5) is 10.5 Å². The van der Waals surface area contributed by atoms with Gasteiger partial charge < -0.3 is 19.5 Å². The Morgan fingerprint density at radius 3 is 2.55 bits per heavy atom. The summed E-state index contributed by atoms with van der Waals surface area (Å²) in [4.78, 5) is 26.8. The Labute approximate surface area is 174 Å². The number of rotatable bonds is 6. The summed E-state index contributed by atoms with van der Waals surface area (Å²) in [6, 6.07) is 11.9. The van der Waals surface area contributed by atoms with Crippen LogP contribution in [0.1, 0.15) is 18.4 Å². The molecule has 154 valence electrons. The average molecular weight is 419 g/mol. The largest absolute Gasteiger partial charge is 0.495 e. The summed E-state index contributed by atoms with van der Waals surface area (Å²) < 4.78 is 15.9. The third-order valence-corrected chi connectivity index (χ3v) is 5.02. The fraction of sp³-hybridized carbons (Fsp3) is 0.333. The van der Waals surface area contributed by atoms with Crippen LogP contribution in [0.25, 0.3) is 0 Å². The van der Waals surface area contributed by atoms with E-state index in [0.717, 1.165) is 12.0 Å². The topological polar surface area (TPSA) is 77.1 Å². The fourth-order valence-corrected chi connectivity index (χ4v) is 3.47. The summed E-state index contributed by atoms with van der Waals surface area (Å²) >= 11 is 6.16. The van der Waals surface area contributed by atoms with Crippen molar-refractivity contribution in [1.29, 1.82) is 0 Å². The SMILES string of the molecule is COc1cc(OC)c(NC(=O)[C@@H]2CCCN2C(=O)OCc2ccccc2)cc1Cl. The molecule has 1 atom stereocenters. The number of carbonyl (C=O) groups is 2. The maximum absolute atomic E-state index is 12.8. The van der Waals surface area contributed by atoms with Crippen molar-refractivity contribution in [1.82, 2.24) is 4.90 Å². The van der Waals surface area contributed by atoms with Gasteiger partial charge in [0.25, 0.3) is 0 Å². The van der Waals surface area contributed by atoms with Gasteiger partial charge in [-0.25, -0.2) is 4.79 Å². The van der Waals surface area contributed by atoms with Gasteiger partial charge in [-0.3, -0.25) is 9.69 Å². The first kappa shape index (κ1) is 20.8. The Kier molecular flexibility index (Phi) is 6.82. The van der Waals surface area contributed by atoms with E-state index in [1.807, 2.05) is 30.3 Å². The third kappa shape index (κ3) is 4.92. The molecule has 0 spiro atoms. The van der Waals surface area contributed by atoms with Crippen LogP contribution in [0.2, 0.25) is 5.02 Å². The smallest absolute Gasteiger partial charge is 0.410 e. The van der Waals surface area contributed by atoms with Crippen molar-refractivity contribution in [2.24, 2.45) is 0 Å². The highest BCUT2D eigenvalue weighted by atomic mass is 35.5. The van der Waals surface area contributed by atoms with E-state index < -0.39 is 12.1 Å². The first-order chi connectivity index (χ1) is 14.0. The monoisotopic (exact) mass is 418 g/mol. The van der Waals surface area contributed by atoms with Crippen molar-refractivity contribution in [2.75, 3.05) is 26.1 Å².